The molecule has 1 unspecified atom stereocenters. The van der Waals surface area contributed by atoms with Crippen LogP contribution in [-0.4, -0.2) is 23.1 Å². The van der Waals surface area contributed by atoms with Crippen LogP contribution in [0, 0.1) is 0 Å². The van der Waals surface area contributed by atoms with E-state index in [2.05, 4.69) is 13.0 Å². The van der Waals surface area contributed by atoms with Gasteiger partial charge in [0.15, 0.2) is 0 Å². The summed E-state index contributed by atoms with van der Waals surface area (Å²) in [5.41, 5.74) is 0. The van der Waals surface area contributed by atoms with E-state index in [1.165, 1.54) is 32.6 Å². The van der Waals surface area contributed by atoms with Crippen molar-refractivity contribution in [3.8, 4) is 0 Å². The van der Waals surface area contributed by atoms with Crippen molar-refractivity contribution in [1.82, 2.24) is 0 Å². The first-order valence-electron chi connectivity index (χ1n) is 8.62. The molecule has 0 aliphatic carbocycles. The summed E-state index contributed by atoms with van der Waals surface area (Å²) in [6.07, 6.45) is 14.6. The molecule has 0 bridgehead atoms. The molecule has 4 heteroatoms. The second kappa shape index (κ2) is 14.6. The smallest absolute Gasteiger partial charge is 0.303 e. The predicted molar refractivity (Wildman–Crippen MR) is 88.8 cm³/mol. The number of hydrogen-bond donors (Lipinski definition) is 1. The van der Waals surface area contributed by atoms with Gasteiger partial charge in [-0.05, 0) is 38.2 Å². The molecule has 0 fully saturated rings. The Morgan fingerprint density at radius 1 is 1.05 bits per heavy atom. The molecule has 0 aromatic rings. The molecule has 0 heterocycles. The van der Waals surface area contributed by atoms with Crippen LogP contribution in [0.4, 0.5) is 0 Å². The summed E-state index contributed by atoms with van der Waals surface area (Å²) in [5.74, 6) is -0.977. The van der Waals surface area contributed by atoms with E-state index < -0.39 is 5.97 Å². The van der Waals surface area contributed by atoms with Crippen LogP contribution >= 0.6 is 0 Å². The summed E-state index contributed by atoms with van der Waals surface area (Å²) in [5, 5.41) is 8.57. The Bertz CT molecular complexity index is 323. The maximum atomic E-state index is 11.1. The Hall–Kier alpha value is -1.32. The maximum absolute atomic E-state index is 11.1. The lowest BCUT2D eigenvalue weighted by atomic mass is 10.1. The van der Waals surface area contributed by atoms with Crippen molar-refractivity contribution in [3.63, 3.8) is 0 Å². The molecule has 0 spiro atoms. The molecule has 0 aromatic carbocycles. The lowest BCUT2D eigenvalue weighted by molar-refractivity contribution is -0.144. The molecule has 1 N–H and O–H groups in total. The average Bonchev–Trinajstić information content (AvgIpc) is 2.45. The van der Waals surface area contributed by atoms with Crippen LogP contribution in [0.15, 0.2) is 12.2 Å². The molecule has 0 aliphatic rings. The van der Waals surface area contributed by atoms with Crippen LogP contribution in [0.5, 0.6) is 0 Å². The van der Waals surface area contributed by atoms with Crippen molar-refractivity contribution in [3.05, 3.63) is 12.2 Å². The molecule has 128 valence electrons. The van der Waals surface area contributed by atoms with Crippen LogP contribution < -0.4 is 0 Å². The Kier molecular flexibility index (Phi) is 13.7. The van der Waals surface area contributed by atoms with Gasteiger partial charge in [-0.1, -0.05) is 45.1 Å². The molecule has 0 aliphatic heterocycles. The van der Waals surface area contributed by atoms with Crippen molar-refractivity contribution in [2.75, 3.05) is 0 Å². The number of allylic oxidation sites excluding steroid dienone is 1. The molecule has 0 aromatic heterocycles. The quantitative estimate of drug-likeness (QED) is 0.282. The summed E-state index contributed by atoms with van der Waals surface area (Å²) in [4.78, 5) is 21.5. The zero-order chi connectivity index (χ0) is 16.6. The minimum Gasteiger partial charge on any atom is -0.481 e. The van der Waals surface area contributed by atoms with Gasteiger partial charge in [0.25, 0.3) is 0 Å². The lowest BCUT2D eigenvalue weighted by Crippen LogP contribution is -2.13. The minimum absolute atomic E-state index is 0.136. The average molecular weight is 312 g/mol. The van der Waals surface area contributed by atoms with Crippen molar-refractivity contribution in [2.24, 2.45) is 0 Å². The number of carboxylic acids is 1. The van der Waals surface area contributed by atoms with Crippen LogP contribution in [0.2, 0.25) is 0 Å². The first-order chi connectivity index (χ1) is 10.6. The third-order valence-corrected chi connectivity index (χ3v) is 3.52. The highest BCUT2D eigenvalue weighted by Gasteiger charge is 2.07. The molecule has 0 saturated carbocycles. The largest absolute Gasteiger partial charge is 0.481 e. The lowest BCUT2D eigenvalue weighted by Gasteiger charge is -2.13. The number of ether oxygens (including phenoxy) is 1. The molecule has 0 rings (SSSR count). The SMILES string of the molecule is CCCCCC/C=C\C(CCCCCCC(=O)O)OC(C)=O. The monoisotopic (exact) mass is 312 g/mol. The summed E-state index contributed by atoms with van der Waals surface area (Å²) in [6, 6.07) is 0. The molecular formula is C18H32O4. The Labute approximate surface area is 134 Å². The predicted octanol–water partition coefficient (Wildman–Crippen LogP) is 4.87. The summed E-state index contributed by atoms with van der Waals surface area (Å²) in [7, 11) is 0. The molecule has 0 amide bonds. The number of unbranched alkanes of at least 4 members (excludes halogenated alkanes) is 7. The first kappa shape index (κ1) is 20.7. The van der Waals surface area contributed by atoms with E-state index in [1.54, 1.807) is 0 Å². The number of carbonyl (C=O) groups is 2. The minimum atomic E-state index is -0.733. The highest BCUT2D eigenvalue weighted by molar-refractivity contribution is 5.66. The van der Waals surface area contributed by atoms with E-state index >= 15 is 0 Å². The number of carbonyl (C=O) groups excluding carboxylic acids is 1. The van der Waals surface area contributed by atoms with E-state index in [0.29, 0.717) is 0 Å². The Balaban J connectivity index is 3.84. The fraction of sp³-hybridized carbons (Fsp3) is 0.778. The van der Waals surface area contributed by atoms with Crippen molar-refractivity contribution < 1.29 is 19.4 Å². The van der Waals surface area contributed by atoms with E-state index in [0.717, 1.165) is 38.5 Å². The standard InChI is InChI=1S/C18H32O4/c1-3-4-5-6-7-10-13-17(22-16(2)19)14-11-8-9-12-15-18(20)21/h10,13,17H,3-9,11-12,14-15H2,1-2H3,(H,20,21)/b13-10-. The third-order valence-electron chi connectivity index (χ3n) is 3.52. The van der Waals surface area contributed by atoms with Crippen molar-refractivity contribution in [2.45, 2.75) is 90.6 Å². The molecule has 1 atom stereocenters. The molecule has 4 nitrogen and oxygen atoms in total. The fourth-order valence-electron chi connectivity index (χ4n) is 2.32. The van der Waals surface area contributed by atoms with Crippen LogP contribution in [0.25, 0.3) is 0 Å². The van der Waals surface area contributed by atoms with E-state index in [-0.39, 0.29) is 18.5 Å². The second-order valence-corrected chi connectivity index (χ2v) is 5.77. The number of aliphatic carboxylic acids is 1. The highest BCUT2D eigenvalue weighted by atomic mass is 16.5. The topological polar surface area (TPSA) is 63.6 Å². The van der Waals surface area contributed by atoms with E-state index in [9.17, 15) is 9.59 Å². The maximum Gasteiger partial charge on any atom is 0.303 e. The van der Waals surface area contributed by atoms with Crippen LogP contribution in [0.3, 0.4) is 0 Å². The van der Waals surface area contributed by atoms with Gasteiger partial charge in [0, 0.05) is 13.3 Å². The Morgan fingerprint density at radius 2 is 1.73 bits per heavy atom. The zero-order valence-electron chi connectivity index (χ0n) is 14.2. The van der Waals surface area contributed by atoms with Gasteiger partial charge >= 0.3 is 11.9 Å². The van der Waals surface area contributed by atoms with E-state index in [1.807, 2.05) is 6.08 Å². The van der Waals surface area contributed by atoms with Gasteiger partial charge in [0.2, 0.25) is 0 Å². The van der Waals surface area contributed by atoms with Crippen LogP contribution in [0.1, 0.15) is 84.5 Å². The van der Waals surface area contributed by atoms with Crippen molar-refractivity contribution in [1.29, 1.82) is 0 Å². The normalized spacial score (nSPS) is 12.5. The van der Waals surface area contributed by atoms with Gasteiger partial charge in [0.1, 0.15) is 6.10 Å². The first-order valence-corrected chi connectivity index (χ1v) is 8.62. The second-order valence-electron chi connectivity index (χ2n) is 5.77. The number of hydrogen-bond acceptors (Lipinski definition) is 3. The van der Waals surface area contributed by atoms with E-state index in [4.69, 9.17) is 9.84 Å². The van der Waals surface area contributed by atoms with Gasteiger partial charge in [0.05, 0.1) is 0 Å². The Morgan fingerprint density at radius 3 is 2.36 bits per heavy atom. The highest BCUT2D eigenvalue weighted by Crippen LogP contribution is 2.12. The van der Waals surface area contributed by atoms with Gasteiger partial charge in [-0.3, -0.25) is 9.59 Å². The summed E-state index contributed by atoms with van der Waals surface area (Å²) >= 11 is 0. The number of rotatable bonds is 14. The third kappa shape index (κ3) is 15.1. The number of carboxylic acid groups (broad SMARTS) is 1. The van der Waals surface area contributed by atoms with Gasteiger partial charge in [-0.25, -0.2) is 0 Å². The molecular weight excluding hydrogens is 280 g/mol. The van der Waals surface area contributed by atoms with Crippen LogP contribution in [-0.2, 0) is 14.3 Å². The van der Waals surface area contributed by atoms with Crippen molar-refractivity contribution >= 4 is 11.9 Å². The summed E-state index contributed by atoms with van der Waals surface area (Å²) < 4.78 is 5.30. The molecule has 0 radical (unpaired) electrons. The summed E-state index contributed by atoms with van der Waals surface area (Å²) in [6.45, 7) is 3.64. The van der Waals surface area contributed by atoms with Gasteiger partial charge in [-0.15, -0.1) is 0 Å². The fourth-order valence-corrected chi connectivity index (χ4v) is 2.32. The number of esters is 1. The zero-order valence-corrected chi connectivity index (χ0v) is 14.2. The van der Waals surface area contributed by atoms with Gasteiger partial charge < -0.3 is 9.84 Å². The van der Waals surface area contributed by atoms with Gasteiger partial charge in [-0.2, -0.15) is 0 Å². The molecule has 0 saturated heterocycles. The molecule has 22 heavy (non-hydrogen) atoms.